The van der Waals surface area contributed by atoms with E-state index in [0.29, 0.717) is 18.2 Å². The summed E-state index contributed by atoms with van der Waals surface area (Å²) in [4.78, 5) is 18.0. The molecule has 0 aliphatic carbocycles. The summed E-state index contributed by atoms with van der Waals surface area (Å²) in [6, 6.07) is 3.80. The zero-order chi connectivity index (χ0) is 15.1. The van der Waals surface area contributed by atoms with Crippen LogP contribution in [0.25, 0.3) is 0 Å². The van der Waals surface area contributed by atoms with Crippen LogP contribution in [-0.4, -0.2) is 36.3 Å². The van der Waals surface area contributed by atoms with Crippen molar-refractivity contribution in [3.63, 3.8) is 0 Å². The number of hydrogen-bond donors (Lipinski definition) is 0. The number of nitrogens with zero attached hydrogens (tertiary/aromatic N) is 2. The maximum absolute atomic E-state index is 11.7. The number of rotatable bonds is 7. The first-order valence-corrected chi connectivity index (χ1v) is 6.99. The molecule has 5 nitrogen and oxygen atoms in total. The van der Waals surface area contributed by atoms with Gasteiger partial charge in [0.05, 0.1) is 12.7 Å². The molecule has 0 amide bonds. The molecule has 0 bridgehead atoms. The molecule has 1 heterocycles. The van der Waals surface area contributed by atoms with Crippen molar-refractivity contribution in [1.29, 1.82) is 0 Å². The Morgan fingerprint density at radius 1 is 1.35 bits per heavy atom. The first-order chi connectivity index (χ1) is 9.45. The summed E-state index contributed by atoms with van der Waals surface area (Å²) in [6.07, 6.45) is 1.75. The number of carbonyl (C=O) groups excluding carboxylic acids is 1. The fraction of sp³-hybridized carbons (Fsp3) is 0.600. The largest absolute Gasteiger partial charge is 0.487 e. The molecule has 5 heteroatoms. The van der Waals surface area contributed by atoms with Crippen LogP contribution in [0, 0.1) is 0 Å². The smallest absolute Gasteiger partial charge is 0.325 e. The summed E-state index contributed by atoms with van der Waals surface area (Å²) in [7, 11) is 0. The molecule has 1 aromatic heterocycles. The second-order valence-electron chi connectivity index (χ2n) is 5.02. The van der Waals surface area contributed by atoms with Gasteiger partial charge in [0, 0.05) is 12.2 Å². The zero-order valence-electron chi connectivity index (χ0n) is 12.9. The second-order valence-corrected chi connectivity index (χ2v) is 5.02. The van der Waals surface area contributed by atoms with Gasteiger partial charge in [-0.3, -0.25) is 4.79 Å². The first-order valence-electron chi connectivity index (χ1n) is 6.99. The lowest BCUT2D eigenvalue weighted by atomic mass is 10.3. The fourth-order valence-corrected chi connectivity index (χ4v) is 1.79. The molecule has 0 saturated carbocycles. The van der Waals surface area contributed by atoms with Gasteiger partial charge in [-0.15, -0.1) is 0 Å². The van der Waals surface area contributed by atoms with Gasteiger partial charge in [0.1, 0.15) is 6.54 Å². The highest BCUT2D eigenvalue weighted by molar-refractivity contribution is 5.76. The summed E-state index contributed by atoms with van der Waals surface area (Å²) in [5.74, 6) is 1.09. The lowest BCUT2D eigenvalue weighted by Gasteiger charge is -2.28. The number of anilines is 1. The molecule has 0 saturated heterocycles. The van der Waals surface area contributed by atoms with Crippen molar-refractivity contribution < 1.29 is 14.3 Å². The van der Waals surface area contributed by atoms with Crippen LogP contribution in [0.2, 0.25) is 0 Å². The van der Waals surface area contributed by atoms with Crippen molar-refractivity contribution in [3.8, 4) is 5.75 Å². The van der Waals surface area contributed by atoms with Gasteiger partial charge >= 0.3 is 5.97 Å². The van der Waals surface area contributed by atoms with E-state index in [4.69, 9.17) is 9.47 Å². The SMILES string of the molecule is CCOC(=O)CN(c1ncccc1OC(C)C)C(C)C. The Morgan fingerprint density at radius 3 is 2.60 bits per heavy atom. The topological polar surface area (TPSA) is 51.7 Å². The van der Waals surface area contributed by atoms with Gasteiger partial charge in [-0.2, -0.15) is 0 Å². The van der Waals surface area contributed by atoms with E-state index in [0.717, 1.165) is 0 Å². The lowest BCUT2D eigenvalue weighted by molar-refractivity contribution is -0.141. The van der Waals surface area contributed by atoms with Crippen molar-refractivity contribution in [1.82, 2.24) is 4.98 Å². The summed E-state index contributed by atoms with van der Waals surface area (Å²) < 4.78 is 10.8. The average Bonchev–Trinajstić information content (AvgIpc) is 2.36. The second kappa shape index (κ2) is 7.72. The van der Waals surface area contributed by atoms with Crippen LogP contribution in [-0.2, 0) is 9.53 Å². The van der Waals surface area contributed by atoms with Crippen LogP contribution >= 0.6 is 0 Å². The van der Waals surface area contributed by atoms with Gasteiger partial charge in [-0.25, -0.2) is 4.98 Å². The van der Waals surface area contributed by atoms with Gasteiger partial charge in [-0.1, -0.05) is 0 Å². The average molecular weight is 280 g/mol. The van der Waals surface area contributed by atoms with Crippen LogP contribution in [0.5, 0.6) is 5.75 Å². The van der Waals surface area contributed by atoms with E-state index in [2.05, 4.69) is 4.98 Å². The molecule has 0 aliphatic heterocycles. The van der Waals surface area contributed by atoms with Crippen LogP contribution in [0.3, 0.4) is 0 Å². The third-order valence-electron chi connectivity index (χ3n) is 2.61. The number of hydrogen-bond acceptors (Lipinski definition) is 5. The van der Waals surface area contributed by atoms with Crippen molar-refractivity contribution in [2.75, 3.05) is 18.1 Å². The number of carbonyl (C=O) groups is 1. The van der Waals surface area contributed by atoms with E-state index in [-0.39, 0.29) is 24.7 Å². The van der Waals surface area contributed by atoms with Gasteiger partial charge in [0.15, 0.2) is 11.6 Å². The Kier molecular flexibility index (Phi) is 6.28. The predicted octanol–water partition coefficient (Wildman–Crippen LogP) is 2.65. The molecule has 0 atom stereocenters. The fourth-order valence-electron chi connectivity index (χ4n) is 1.79. The van der Waals surface area contributed by atoms with Gasteiger partial charge in [0.25, 0.3) is 0 Å². The first kappa shape index (κ1) is 16.3. The van der Waals surface area contributed by atoms with Gasteiger partial charge in [-0.05, 0) is 46.8 Å². The van der Waals surface area contributed by atoms with Crippen molar-refractivity contribution in [3.05, 3.63) is 18.3 Å². The molecule has 0 unspecified atom stereocenters. The minimum absolute atomic E-state index is 0.0505. The van der Waals surface area contributed by atoms with Crippen LogP contribution in [0.15, 0.2) is 18.3 Å². The molecular formula is C15H24N2O3. The Balaban J connectivity index is 2.99. The van der Waals surface area contributed by atoms with Crippen molar-refractivity contribution in [2.24, 2.45) is 0 Å². The highest BCUT2D eigenvalue weighted by atomic mass is 16.5. The molecule has 0 aromatic carbocycles. The summed E-state index contributed by atoms with van der Waals surface area (Å²) in [5, 5.41) is 0. The number of pyridine rings is 1. The van der Waals surface area contributed by atoms with E-state index in [1.807, 2.05) is 44.7 Å². The van der Waals surface area contributed by atoms with Crippen molar-refractivity contribution in [2.45, 2.75) is 46.8 Å². The zero-order valence-corrected chi connectivity index (χ0v) is 12.9. The Hall–Kier alpha value is -1.78. The summed E-state index contributed by atoms with van der Waals surface area (Å²) in [5.41, 5.74) is 0. The van der Waals surface area contributed by atoms with Crippen LogP contribution in [0.4, 0.5) is 5.82 Å². The molecule has 0 spiro atoms. The van der Waals surface area contributed by atoms with Crippen LogP contribution < -0.4 is 9.64 Å². The molecule has 20 heavy (non-hydrogen) atoms. The normalized spacial score (nSPS) is 10.8. The Morgan fingerprint density at radius 2 is 2.05 bits per heavy atom. The van der Waals surface area contributed by atoms with E-state index < -0.39 is 0 Å². The highest BCUT2D eigenvalue weighted by Crippen LogP contribution is 2.27. The van der Waals surface area contributed by atoms with Gasteiger partial charge in [0.2, 0.25) is 0 Å². The molecule has 1 rings (SSSR count). The summed E-state index contributed by atoms with van der Waals surface area (Å²) in [6.45, 7) is 10.3. The molecular weight excluding hydrogens is 256 g/mol. The van der Waals surface area contributed by atoms with E-state index in [9.17, 15) is 4.79 Å². The quantitative estimate of drug-likeness (QED) is 0.719. The van der Waals surface area contributed by atoms with Crippen LogP contribution in [0.1, 0.15) is 34.6 Å². The Labute approximate surface area is 120 Å². The maximum atomic E-state index is 11.7. The van der Waals surface area contributed by atoms with Crippen molar-refractivity contribution >= 4 is 11.8 Å². The Bertz CT molecular complexity index is 433. The molecule has 112 valence electrons. The molecule has 0 fully saturated rings. The number of esters is 1. The minimum Gasteiger partial charge on any atom is -0.487 e. The monoisotopic (exact) mass is 280 g/mol. The van der Waals surface area contributed by atoms with E-state index >= 15 is 0 Å². The maximum Gasteiger partial charge on any atom is 0.325 e. The minimum atomic E-state index is -0.262. The molecule has 0 radical (unpaired) electrons. The standard InChI is InChI=1S/C15H24N2O3/c1-6-19-14(18)10-17(11(2)3)15-13(20-12(4)5)8-7-9-16-15/h7-9,11-12H,6,10H2,1-5H3. The van der Waals surface area contributed by atoms with Gasteiger partial charge < -0.3 is 14.4 Å². The third-order valence-corrected chi connectivity index (χ3v) is 2.61. The molecule has 1 aromatic rings. The number of aromatic nitrogens is 1. The summed E-state index contributed by atoms with van der Waals surface area (Å²) >= 11 is 0. The van der Waals surface area contributed by atoms with E-state index in [1.165, 1.54) is 0 Å². The highest BCUT2D eigenvalue weighted by Gasteiger charge is 2.20. The molecule has 0 N–H and O–H groups in total. The lowest BCUT2D eigenvalue weighted by Crippen LogP contribution is -2.37. The predicted molar refractivity (Wildman–Crippen MR) is 79.1 cm³/mol. The number of ether oxygens (including phenoxy) is 2. The third kappa shape index (κ3) is 4.72. The molecule has 0 aliphatic rings. The van der Waals surface area contributed by atoms with E-state index in [1.54, 1.807) is 13.1 Å².